The lowest BCUT2D eigenvalue weighted by Crippen LogP contribution is -1.84. The van der Waals surface area contributed by atoms with Gasteiger partial charge in [-0.25, -0.2) is 0 Å². The van der Waals surface area contributed by atoms with Crippen molar-refractivity contribution in [1.29, 1.82) is 0 Å². The zero-order valence-electron chi connectivity index (χ0n) is 7.92. The second-order valence-electron chi connectivity index (χ2n) is 2.99. The van der Waals surface area contributed by atoms with E-state index in [0.29, 0.717) is 5.88 Å². The Bertz CT molecular complexity index is 215. The van der Waals surface area contributed by atoms with Crippen molar-refractivity contribution in [2.24, 2.45) is 0 Å². The van der Waals surface area contributed by atoms with Crippen molar-refractivity contribution >= 4 is 22.9 Å². The van der Waals surface area contributed by atoms with Gasteiger partial charge in [-0.3, -0.25) is 0 Å². The molecule has 1 heterocycles. The molecule has 0 spiro atoms. The number of halogens is 1. The molecule has 0 N–H and O–H groups in total. The SMILES string of the molecule is CCCCc1nnc(CCCCl)s1. The number of hydrogen-bond acceptors (Lipinski definition) is 3. The van der Waals surface area contributed by atoms with Crippen LogP contribution in [0.4, 0.5) is 0 Å². The Hall–Kier alpha value is -0.150. The first-order valence-corrected chi connectivity index (χ1v) is 6.09. The highest BCUT2D eigenvalue weighted by Gasteiger charge is 2.02. The van der Waals surface area contributed by atoms with Crippen molar-refractivity contribution in [2.75, 3.05) is 5.88 Å². The molecule has 0 aliphatic rings. The number of rotatable bonds is 6. The number of alkyl halides is 1. The minimum atomic E-state index is 0.712. The van der Waals surface area contributed by atoms with Crippen LogP contribution in [0.15, 0.2) is 0 Å². The maximum absolute atomic E-state index is 5.60. The minimum absolute atomic E-state index is 0.712. The van der Waals surface area contributed by atoms with Crippen LogP contribution in [0.25, 0.3) is 0 Å². The molecule has 74 valence electrons. The molecule has 4 heteroatoms. The third kappa shape index (κ3) is 4.05. The maximum Gasteiger partial charge on any atom is 0.117 e. The normalized spacial score (nSPS) is 10.6. The Labute approximate surface area is 88.3 Å². The van der Waals surface area contributed by atoms with E-state index in [1.165, 1.54) is 17.8 Å². The van der Waals surface area contributed by atoms with Gasteiger partial charge in [-0.1, -0.05) is 13.3 Å². The van der Waals surface area contributed by atoms with Crippen LogP contribution in [0.1, 0.15) is 36.2 Å². The maximum atomic E-state index is 5.60. The molecule has 2 nitrogen and oxygen atoms in total. The topological polar surface area (TPSA) is 25.8 Å². The fourth-order valence-corrected chi connectivity index (χ4v) is 2.10. The molecular weight excluding hydrogens is 204 g/mol. The van der Waals surface area contributed by atoms with Crippen LogP contribution in [-0.2, 0) is 12.8 Å². The summed E-state index contributed by atoms with van der Waals surface area (Å²) in [5.41, 5.74) is 0. The summed E-state index contributed by atoms with van der Waals surface area (Å²) in [4.78, 5) is 0. The smallest absolute Gasteiger partial charge is 0.117 e. The monoisotopic (exact) mass is 218 g/mol. The first kappa shape index (κ1) is 10.9. The summed E-state index contributed by atoms with van der Waals surface area (Å²) in [5.74, 6) is 0.712. The number of aryl methyl sites for hydroxylation is 2. The van der Waals surface area contributed by atoms with Crippen LogP contribution in [0, 0.1) is 0 Å². The fraction of sp³-hybridized carbons (Fsp3) is 0.778. The van der Waals surface area contributed by atoms with Gasteiger partial charge in [-0.15, -0.1) is 33.1 Å². The predicted octanol–water partition coefficient (Wildman–Crippen LogP) is 3.05. The van der Waals surface area contributed by atoms with Gasteiger partial charge in [0.25, 0.3) is 0 Å². The lowest BCUT2D eigenvalue weighted by Gasteiger charge is -1.90. The molecule has 0 atom stereocenters. The van der Waals surface area contributed by atoms with E-state index in [1.54, 1.807) is 11.3 Å². The van der Waals surface area contributed by atoms with Crippen molar-refractivity contribution in [2.45, 2.75) is 39.0 Å². The number of hydrogen-bond donors (Lipinski definition) is 0. The Morgan fingerprint density at radius 2 is 1.77 bits per heavy atom. The molecule has 1 aromatic heterocycles. The molecule has 0 unspecified atom stereocenters. The zero-order chi connectivity index (χ0) is 9.52. The van der Waals surface area contributed by atoms with E-state index in [0.717, 1.165) is 24.3 Å². The molecule has 1 aromatic rings. The molecule has 0 aliphatic carbocycles. The summed E-state index contributed by atoms with van der Waals surface area (Å²) in [7, 11) is 0. The molecule has 0 aromatic carbocycles. The third-order valence-electron chi connectivity index (χ3n) is 1.78. The molecule has 0 radical (unpaired) electrons. The average Bonchev–Trinajstić information content (AvgIpc) is 2.59. The number of unbranched alkanes of at least 4 members (excludes halogenated alkanes) is 1. The summed E-state index contributed by atoms with van der Waals surface area (Å²) in [5, 5.41) is 10.6. The van der Waals surface area contributed by atoms with Crippen LogP contribution in [0.2, 0.25) is 0 Å². The Balaban J connectivity index is 2.34. The van der Waals surface area contributed by atoms with E-state index in [-0.39, 0.29) is 0 Å². The lowest BCUT2D eigenvalue weighted by molar-refractivity contribution is 0.775. The van der Waals surface area contributed by atoms with E-state index >= 15 is 0 Å². The zero-order valence-corrected chi connectivity index (χ0v) is 9.50. The van der Waals surface area contributed by atoms with Gasteiger partial charge in [-0.05, 0) is 12.8 Å². The van der Waals surface area contributed by atoms with E-state index in [9.17, 15) is 0 Å². The average molecular weight is 219 g/mol. The van der Waals surface area contributed by atoms with E-state index in [2.05, 4.69) is 17.1 Å². The summed E-state index contributed by atoms with van der Waals surface area (Å²) in [6, 6.07) is 0. The molecule has 0 saturated carbocycles. The molecule has 0 bridgehead atoms. The van der Waals surface area contributed by atoms with Crippen LogP contribution in [0.5, 0.6) is 0 Å². The first-order chi connectivity index (χ1) is 6.36. The van der Waals surface area contributed by atoms with Crippen LogP contribution in [0.3, 0.4) is 0 Å². The van der Waals surface area contributed by atoms with Crippen molar-refractivity contribution < 1.29 is 0 Å². The van der Waals surface area contributed by atoms with E-state index < -0.39 is 0 Å². The van der Waals surface area contributed by atoms with Gasteiger partial charge in [0.1, 0.15) is 10.0 Å². The van der Waals surface area contributed by atoms with Gasteiger partial charge in [0.05, 0.1) is 0 Å². The third-order valence-corrected chi connectivity index (χ3v) is 3.09. The van der Waals surface area contributed by atoms with E-state index in [4.69, 9.17) is 11.6 Å². The van der Waals surface area contributed by atoms with Gasteiger partial charge in [0, 0.05) is 18.7 Å². The molecule has 0 fully saturated rings. The van der Waals surface area contributed by atoms with Gasteiger partial charge in [0.2, 0.25) is 0 Å². The number of aromatic nitrogens is 2. The Morgan fingerprint density at radius 3 is 2.31 bits per heavy atom. The van der Waals surface area contributed by atoms with Gasteiger partial charge in [0.15, 0.2) is 0 Å². The highest BCUT2D eigenvalue weighted by molar-refractivity contribution is 7.11. The standard InChI is InChI=1S/C9H15ClN2S/c1-2-3-5-8-11-12-9(13-8)6-4-7-10/h2-7H2,1H3. The largest absolute Gasteiger partial charge is 0.144 e. The second-order valence-corrected chi connectivity index (χ2v) is 4.51. The second kappa shape index (κ2) is 6.33. The Kier molecular flexibility index (Phi) is 5.32. The van der Waals surface area contributed by atoms with Crippen LogP contribution < -0.4 is 0 Å². The summed E-state index contributed by atoms with van der Waals surface area (Å²) in [6.07, 6.45) is 5.49. The fourth-order valence-electron chi connectivity index (χ4n) is 1.04. The molecule has 0 saturated heterocycles. The first-order valence-electron chi connectivity index (χ1n) is 4.74. The quantitative estimate of drug-likeness (QED) is 0.686. The molecule has 0 amide bonds. The highest BCUT2D eigenvalue weighted by Crippen LogP contribution is 2.14. The Morgan fingerprint density at radius 1 is 1.15 bits per heavy atom. The minimum Gasteiger partial charge on any atom is -0.144 e. The molecule has 13 heavy (non-hydrogen) atoms. The highest BCUT2D eigenvalue weighted by atomic mass is 35.5. The summed E-state index contributed by atoms with van der Waals surface area (Å²) >= 11 is 7.33. The summed E-state index contributed by atoms with van der Waals surface area (Å²) < 4.78 is 0. The van der Waals surface area contributed by atoms with Crippen molar-refractivity contribution in [3.8, 4) is 0 Å². The predicted molar refractivity (Wildman–Crippen MR) is 57.6 cm³/mol. The van der Waals surface area contributed by atoms with Gasteiger partial charge < -0.3 is 0 Å². The lowest BCUT2D eigenvalue weighted by atomic mass is 10.3. The van der Waals surface area contributed by atoms with Crippen LogP contribution in [-0.4, -0.2) is 16.1 Å². The van der Waals surface area contributed by atoms with Crippen molar-refractivity contribution in [1.82, 2.24) is 10.2 Å². The molecule has 1 rings (SSSR count). The molecule has 0 aliphatic heterocycles. The summed E-state index contributed by atoms with van der Waals surface area (Å²) in [6.45, 7) is 2.19. The van der Waals surface area contributed by atoms with E-state index in [1.807, 2.05) is 0 Å². The molecular formula is C9H15ClN2S. The van der Waals surface area contributed by atoms with Crippen molar-refractivity contribution in [3.05, 3.63) is 10.0 Å². The van der Waals surface area contributed by atoms with Crippen molar-refractivity contribution in [3.63, 3.8) is 0 Å². The van der Waals surface area contributed by atoms with Gasteiger partial charge >= 0.3 is 0 Å². The van der Waals surface area contributed by atoms with Gasteiger partial charge in [-0.2, -0.15) is 0 Å². The van der Waals surface area contributed by atoms with Crippen LogP contribution >= 0.6 is 22.9 Å². The number of nitrogens with zero attached hydrogens (tertiary/aromatic N) is 2.